The highest BCUT2D eigenvalue weighted by Crippen LogP contribution is 2.22. The molecule has 3 N–H and O–H groups in total. The molecule has 4 aromatic rings. The molecule has 3 heterocycles. The molecule has 186 valence electrons. The lowest BCUT2D eigenvalue weighted by molar-refractivity contribution is 0.122. The molecule has 5 rings (SSSR count). The number of aromatic amines is 1. The second-order valence-corrected chi connectivity index (χ2v) is 8.66. The smallest absolute Gasteiger partial charge is 0.315 e. The fraction of sp³-hybridized carbons (Fsp3) is 0.296. The van der Waals surface area contributed by atoms with Crippen LogP contribution in [0.1, 0.15) is 23.0 Å². The number of imidazole rings is 1. The number of H-pyrrole nitrogens is 1. The highest BCUT2D eigenvalue weighted by Gasteiger charge is 2.20. The zero-order valence-electron chi connectivity index (χ0n) is 20.2. The Labute approximate surface area is 209 Å². The predicted molar refractivity (Wildman–Crippen MR) is 138 cm³/mol. The third-order valence-corrected chi connectivity index (χ3v) is 6.26. The van der Waals surface area contributed by atoms with Gasteiger partial charge in [0.15, 0.2) is 0 Å². The van der Waals surface area contributed by atoms with Crippen molar-refractivity contribution in [2.45, 2.75) is 19.0 Å². The van der Waals surface area contributed by atoms with Crippen LogP contribution in [0.5, 0.6) is 5.75 Å². The first kappa shape index (κ1) is 23.6. The van der Waals surface area contributed by atoms with Crippen molar-refractivity contribution in [3.05, 3.63) is 83.8 Å². The number of fused-ring (bicyclic) bond motifs is 1. The van der Waals surface area contributed by atoms with Gasteiger partial charge in [-0.25, -0.2) is 14.8 Å². The lowest BCUT2D eigenvalue weighted by Gasteiger charge is -2.29. The third kappa shape index (κ3) is 5.58. The molecule has 36 heavy (non-hydrogen) atoms. The minimum Gasteiger partial charge on any atom is -0.497 e. The number of anilines is 1. The van der Waals surface area contributed by atoms with Gasteiger partial charge in [0.1, 0.15) is 17.4 Å². The summed E-state index contributed by atoms with van der Waals surface area (Å²) in [6.07, 6.45) is 2.35. The van der Waals surface area contributed by atoms with Crippen LogP contribution in [0.2, 0.25) is 0 Å². The molecule has 1 fully saturated rings. The van der Waals surface area contributed by atoms with E-state index in [0.29, 0.717) is 32.0 Å². The maximum atomic E-state index is 13.1. The van der Waals surface area contributed by atoms with Crippen molar-refractivity contribution in [3.8, 4) is 5.75 Å². The summed E-state index contributed by atoms with van der Waals surface area (Å²) in [5.74, 6) is 2.38. The Morgan fingerprint density at radius 1 is 1.11 bits per heavy atom. The van der Waals surface area contributed by atoms with E-state index in [0.717, 1.165) is 46.8 Å². The molecule has 0 aliphatic carbocycles. The molecule has 0 bridgehead atoms. The van der Waals surface area contributed by atoms with E-state index in [1.807, 2.05) is 60.7 Å². The zero-order chi connectivity index (χ0) is 24.7. The van der Waals surface area contributed by atoms with Gasteiger partial charge in [-0.1, -0.05) is 30.3 Å². The Bertz CT molecular complexity index is 1270. The van der Waals surface area contributed by atoms with Crippen molar-refractivity contribution in [2.75, 3.05) is 38.3 Å². The van der Waals surface area contributed by atoms with Crippen LogP contribution in [0.3, 0.4) is 0 Å². The Morgan fingerprint density at radius 3 is 2.69 bits per heavy atom. The number of nitrogens with one attached hydrogen (secondary N) is 3. The molecular formula is C27H30N6O3. The number of pyridine rings is 1. The number of aromatic nitrogens is 3. The minimum absolute atomic E-state index is 0.272. The molecule has 9 heteroatoms. The van der Waals surface area contributed by atoms with E-state index in [1.54, 1.807) is 13.3 Å². The number of hydrogen-bond donors (Lipinski definition) is 3. The first-order valence-electron chi connectivity index (χ1n) is 12.1. The highest BCUT2D eigenvalue weighted by atomic mass is 16.5. The molecule has 0 unspecified atom stereocenters. The number of methoxy groups -OCH3 is 1. The third-order valence-electron chi connectivity index (χ3n) is 6.26. The number of ether oxygens (including phenoxy) is 2. The number of hydrogen-bond acceptors (Lipinski definition) is 6. The lowest BCUT2D eigenvalue weighted by atomic mass is 10.1. The van der Waals surface area contributed by atoms with Crippen molar-refractivity contribution >= 4 is 22.9 Å². The average Bonchev–Trinajstić information content (AvgIpc) is 3.37. The average molecular weight is 487 g/mol. The molecule has 1 saturated heterocycles. The maximum Gasteiger partial charge on any atom is 0.315 e. The van der Waals surface area contributed by atoms with Gasteiger partial charge in [-0.3, -0.25) is 0 Å². The molecule has 1 aliphatic rings. The molecule has 1 aliphatic heterocycles. The predicted octanol–water partition coefficient (Wildman–Crippen LogP) is 3.59. The number of urea groups is 1. The topological polar surface area (TPSA) is 104 Å². The summed E-state index contributed by atoms with van der Waals surface area (Å²) in [5.41, 5.74) is 3.81. The Balaban J connectivity index is 1.31. The number of morpholine rings is 1. The molecule has 0 radical (unpaired) electrons. The maximum absolute atomic E-state index is 13.1. The van der Waals surface area contributed by atoms with E-state index in [2.05, 4.69) is 25.5 Å². The van der Waals surface area contributed by atoms with Gasteiger partial charge in [0, 0.05) is 31.4 Å². The number of para-hydroxylation sites is 2. The van der Waals surface area contributed by atoms with Gasteiger partial charge in [0.2, 0.25) is 0 Å². The summed E-state index contributed by atoms with van der Waals surface area (Å²) in [5, 5.41) is 6.12. The number of carbonyl (C=O) groups is 1. The van der Waals surface area contributed by atoms with Gasteiger partial charge in [-0.05, 0) is 42.3 Å². The molecule has 1 atom stereocenters. The van der Waals surface area contributed by atoms with Crippen LogP contribution in [0, 0.1) is 0 Å². The van der Waals surface area contributed by atoms with Gasteiger partial charge >= 0.3 is 6.03 Å². The normalized spacial score (nSPS) is 14.4. The standard InChI is InChI=1S/C27H30N6O3/c1-35-21-10-8-19(9-11-21)17-24(25-30-22-6-2-3-7-23(22)31-25)32-27(34)29-18-20-5-4-12-28-26(20)33-13-15-36-16-14-33/h2-12,24H,13-18H2,1H3,(H,30,31)(H2,29,32,34)/t24-/m1/s1. The monoisotopic (exact) mass is 486 g/mol. The summed E-state index contributed by atoms with van der Waals surface area (Å²) >= 11 is 0. The summed E-state index contributed by atoms with van der Waals surface area (Å²) < 4.78 is 10.7. The van der Waals surface area contributed by atoms with Crippen LogP contribution in [0.4, 0.5) is 10.6 Å². The summed E-state index contributed by atoms with van der Waals surface area (Å²) in [4.78, 5) is 27.9. The lowest BCUT2D eigenvalue weighted by Crippen LogP contribution is -2.40. The number of carbonyl (C=O) groups excluding carboxylic acids is 1. The molecule has 0 spiro atoms. The van der Waals surface area contributed by atoms with Crippen LogP contribution in [0.25, 0.3) is 11.0 Å². The second-order valence-electron chi connectivity index (χ2n) is 8.66. The largest absolute Gasteiger partial charge is 0.497 e. The molecule has 2 aromatic heterocycles. The zero-order valence-corrected chi connectivity index (χ0v) is 20.2. The van der Waals surface area contributed by atoms with Crippen molar-refractivity contribution in [2.24, 2.45) is 0 Å². The fourth-order valence-corrected chi connectivity index (χ4v) is 4.36. The molecule has 9 nitrogen and oxygen atoms in total. The number of rotatable bonds is 8. The van der Waals surface area contributed by atoms with E-state index in [-0.39, 0.29) is 12.1 Å². The van der Waals surface area contributed by atoms with Crippen LogP contribution in [-0.2, 0) is 17.7 Å². The summed E-state index contributed by atoms with van der Waals surface area (Å²) in [7, 11) is 1.64. The van der Waals surface area contributed by atoms with E-state index in [1.165, 1.54) is 0 Å². The Morgan fingerprint density at radius 2 is 1.92 bits per heavy atom. The van der Waals surface area contributed by atoms with Crippen molar-refractivity contribution in [1.82, 2.24) is 25.6 Å². The summed E-state index contributed by atoms with van der Waals surface area (Å²) in [6.45, 7) is 3.28. The number of nitrogens with zero attached hydrogens (tertiary/aromatic N) is 3. The van der Waals surface area contributed by atoms with Crippen molar-refractivity contribution in [1.29, 1.82) is 0 Å². The van der Waals surface area contributed by atoms with Crippen LogP contribution in [-0.4, -0.2) is 54.4 Å². The van der Waals surface area contributed by atoms with Gasteiger partial charge in [0.25, 0.3) is 0 Å². The second kappa shape index (κ2) is 11.1. The molecule has 2 aromatic carbocycles. The van der Waals surface area contributed by atoms with Gasteiger partial charge < -0.3 is 30.0 Å². The highest BCUT2D eigenvalue weighted by molar-refractivity contribution is 5.76. The van der Waals surface area contributed by atoms with E-state index in [9.17, 15) is 4.79 Å². The van der Waals surface area contributed by atoms with Gasteiger partial charge in [-0.2, -0.15) is 0 Å². The van der Waals surface area contributed by atoms with Crippen LogP contribution >= 0.6 is 0 Å². The first-order valence-corrected chi connectivity index (χ1v) is 12.1. The minimum atomic E-state index is -0.349. The van der Waals surface area contributed by atoms with E-state index >= 15 is 0 Å². The van der Waals surface area contributed by atoms with Crippen molar-refractivity contribution in [3.63, 3.8) is 0 Å². The summed E-state index contributed by atoms with van der Waals surface area (Å²) in [6, 6.07) is 18.9. The Hall–Kier alpha value is -4.11. The molecule has 2 amide bonds. The first-order chi connectivity index (χ1) is 17.7. The van der Waals surface area contributed by atoms with Gasteiger partial charge in [-0.15, -0.1) is 0 Å². The number of amides is 2. The van der Waals surface area contributed by atoms with Crippen LogP contribution in [0.15, 0.2) is 66.9 Å². The van der Waals surface area contributed by atoms with Crippen molar-refractivity contribution < 1.29 is 14.3 Å². The van der Waals surface area contributed by atoms with Crippen LogP contribution < -0.4 is 20.3 Å². The molecular weight excluding hydrogens is 456 g/mol. The number of benzene rings is 2. The van der Waals surface area contributed by atoms with Gasteiger partial charge in [0.05, 0.1) is 37.4 Å². The quantitative estimate of drug-likeness (QED) is 0.352. The molecule has 0 saturated carbocycles. The van der Waals surface area contributed by atoms with E-state index < -0.39 is 0 Å². The fourth-order valence-electron chi connectivity index (χ4n) is 4.36. The van der Waals surface area contributed by atoms with E-state index in [4.69, 9.17) is 14.5 Å². The SMILES string of the molecule is COc1ccc(C[C@@H](NC(=O)NCc2cccnc2N2CCOCC2)c2nc3ccccc3[nH]2)cc1. The Kier molecular flexibility index (Phi) is 7.28.